The maximum atomic E-state index is 2.34. The van der Waals surface area contributed by atoms with Gasteiger partial charge in [0, 0.05) is 0 Å². The lowest BCUT2D eigenvalue weighted by molar-refractivity contribution is -0.929. The second-order valence-corrected chi connectivity index (χ2v) is 12.7. The highest BCUT2D eigenvalue weighted by Crippen LogP contribution is 2.21. The zero-order valence-corrected chi connectivity index (χ0v) is 27.1. The van der Waals surface area contributed by atoms with Crippen molar-refractivity contribution < 1.29 is 4.48 Å². The Morgan fingerprint density at radius 2 is 0.378 bits per heavy atom. The number of unbranched alkanes of at least 4 members (excludes halogenated alkanes) is 24. The second-order valence-electron chi connectivity index (χ2n) is 12.7. The van der Waals surface area contributed by atoms with Crippen LogP contribution in [0.1, 0.15) is 207 Å². The highest BCUT2D eigenvalue weighted by atomic mass is 15.3. The van der Waals surface area contributed by atoms with Crippen LogP contribution in [-0.2, 0) is 0 Å². The third-order valence-electron chi connectivity index (χ3n) is 8.94. The molecule has 0 heterocycles. The summed E-state index contributed by atoms with van der Waals surface area (Å²) in [6.45, 7) is 15.3. The van der Waals surface area contributed by atoms with Crippen molar-refractivity contribution in [1.29, 1.82) is 0 Å². The van der Waals surface area contributed by atoms with Gasteiger partial charge in [-0.15, -0.1) is 0 Å². The first-order valence-electron chi connectivity index (χ1n) is 18.1. The Labute approximate surface area is 237 Å². The van der Waals surface area contributed by atoms with Gasteiger partial charge in [0.15, 0.2) is 0 Å². The molecule has 1 nitrogen and oxygen atoms in total. The summed E-state index contributed by atoms with van der Waals surface area (Å²) in [6.07, 6.45) is 40.7. The molecule has 0 aromatic carbocycles. The Morgan fingerprint density at radius 3 is 0.568 bits per heavy atom. The van der Waals surface area contributed by atoms with Crippen molar-refractivity contribution in [1.82, 2.24) is 0 Å². The zero-order valence-electron chi connectivity index (χ0n) is 27.1. The molecule has 0 fully saturated rings. The summed E-state index contributed by atoms with van der Waals surface area (Å²) in [5, 5.41) is 0. The summed E-state index contributed by atoms with van der Waals surface area (Å²) in [7, 11) is 0. The highest BCUT2D eigenvalue weighted by Gasteiger charge is 2.25. The molecule has 37 heavy (non-hydrogen) atoms. The van der Waals surface area contributed by atoms with Crippen LogP contribution in [0.15, 0.2) is 0 Å². The van der Waals surface area contributed by atoms with Gasteiger partial charge in [0.1, 0.15) is 0 Å². The molecule has 0 rings (SSSR count). The van der Waals surface area contributed by atoms with E-state index in [1.807, 2.05) is 0 Å². The quantitative estimate of drug-likeness (QED) is 0.0608. The molecule has 0 N–H and O–H groups in total. The summed E-state index contributed by atoms with van der Waals surface area (Å²) in [5.74, 6) is 0. The number of quaternary nitrogens is 1. The van der Waals surface area contributed by atoms with Crippen molar-refractivity contribution >= 4 is 0 Å². The van der Waals surface area contributed by atoms with E-state index in [0.717, 1.165) is 0 Å². The van der Waals surface area contributed by atoms with Crippen LogP contribution in [-0.4, -0.2) is 30.7 Å². The molecular weight excluding hydrogens is 446 g/mol. The minimum absolute atomic E-state index is 1.37. The van der Waals surface area contributed by atoms with Crippen LogP contribution in [0.4, 0.5) is 0 Å². The molecule has 0 saturated heterocycles. The monoisotopic (exact) mass is 523 g/mol. The molecule has 0 aliphatic rings. The van der Waals surface area contributed by atoms with Crippen molar-refractivity contribution in [2.75, 3.05) is 26.2 Å². The van der Waals surface area contributed by atoms with Crippen molar-refractivity contribution in [2.45, 2.75) is 207 Å². The molecular formula is C36H76N+. The number of rotatable bonds is 32. The first-order valence-corrected chi connectivity index (χ1v) is 18.1. The summed E-state index contributed by atoms with van der Waals surface area (Å²) in [4.78, 5) is 0. The lowest BCUT2D eigenvalue weighted by Crippen LogP contribution is -2.50. The van der Waals surface area contributed by atoms with E-state index in [4.69, 9.17) is 0 Å². The maximum absolute atomic E-state index is 2.34. The van der Waals surface area contributed by atoms with E-state index in [1.165, 1.54) is 210 Å². The minimum Gasteiger partial charge on any atom is -0.324 e. The molecule has 0 bridgehead atoms. The molecule has 0 atom stereocenters. The lowest BCUT2D eigenvalue weighted by Gasteiger charge is -2.40. The smallest absolute Gasteiger partial charge is 0.0786 e. The topological polar surface area (TPSA) is 0 Å². The van der Waals surface area contributed by atoms with E-state index < -0.39 is 0 Å². The van der Waals surface area contributed by atoms with Crippen LogP contribution in [0.25, 0.3) is 0 Å². The van der Waals surface area contributed by atoms with Gasteiger partial charge < -0.3 is 4.48 Å². The fourth-order valence-electron chi connectivity index (χ4n) is 6.29. The van der Waals surface area contributed by atoms with Crippen molar-refractivity contribution in [3.63, 3.8) is 0 Å². The van der Waals surface area contributed by atoms with Crippen LogP contribution in [0.2, 0.25) is 0 Å². The van der Waals surface area contributed by atoms with Gasteiger partial charge in [-0.05, 0) is 51.4 Å². The van der Waals surface area contributed by atoms with E-state index in [2.05, 4.69) is 27.7 Å². The fraction of sp³-hybridized carbons (Fsp3) is 1.00. The van der Waals surface area contributed by atoms with Gasteiger partial charge in [0.05, 0.1) is 26.2 Å². The molecule has 224 valence electrons. The predicted octanol–water partition coefficient (Wildman–Crippen LogP) is 12.8. The van der Waals surface area contributed by atoms with Crippen LogP contribution >= 0.6 is 0 Å². The SMILES string of the molecule is CCCCCCCCC[N+](CCCCCCCCC)(CCCCCCCCC)CCCCCCCCC. The van der Waals surface area contributed by atoms with E-state index in [1.54, 1.807) is 0 Å². The summed E-state index contributed by atoms with van der Waals surface area (Å²) in [6, 6.07) is 0. The molecule has 0 aromatic heterocycles. The van der Waals surface area contributed by atoms with E-state index in [9.17, 15) is 0 Å². The summed E-state index contributed by atoms with van der Waals surface area (Å²) < 4.78 is 1.48. The molecule has 0 aromatic rings. The predicted molar refractivity (Wildman–Crippen MR) is 172 cm³/mol. The number of hydrogen-bond acceptors (Lipinski definition) is 0. The van der Waals surface area contributed by atoms with Crippen molar-refractivity contribution in [3.8, 4) is 0 Å². The van der Waals surface area contributed by atoms with Crippen LogP contribution < -0.4 is 0 Å². The standard InChI is InChI=1S/C36H76N/c1-5-9-13-17-21-25-29-33-37(34-30-26-22-18-14-10-6-2,35-31-27-23-19-15-11-7-3)36-32-28-24-20-16-12-8-4/h5-36H2,1-4H3/q+1. The van der Waals surface area contributed by atoms with Crippen LogP contribution in [0, 0.1) is 0 Å². The Morgan fingerprint density at radius 1 is 0.216 bits per heavy atom. The molecule has 0 unspecified atom stereocenters. The highest BCUT2D eigenvalue weighted by molar-refractivity contribution is 4.55. The van der Waals surface area contributed by atoms with Gasteiger partial charge in [0.25, 0.3) is 0 Å². The first kappa shape index (κ1) is 37.0. The molecule has 0 radical (unpaired) electrons. The maximum Gasteiger partial charge on any atom is 0.0786 e. The van der Waals surface area contributed by atoms with Gasteiger partial charge >= 0.3 is 0 Å². The third-order valence-corrected chi connectivity index (χ3v) is 8.94. The Hall–Kier alpha value is -0.0400. The summed E-state index contributed by atoms with van der Waals surface area (Å²) >= 11 is 0. The van der Waals surface area contributed by atoms with Crippen LogP contribution in [0.3, 0.4) is 0 Å². The van der Waals surface area contributed by atoms with E-state index in [-0.39, 0.29) is 0 Å². The van der Waals surface area contributed by atoms with E-state index >= 15 is 0 Å². The number of hydrogen-bond donors (Lipinski definition) is 0. The fourth-order valence-corrected chi connectivity index (χ4v) is 6.29. The third kappa shape index (κ3) is 26.0. The second kappa shape index (κ2) is 30.5. The summed E-state index contributed by atoms with van der Waals surface area (Å²) in [5.41, 5.74) is 0. The lowest BCUT2D eigenvalue weighted by atomic mass is 10.0. The van der Waals surface area contributed by atoms with Gasteiger partial charge in [0.2, 0.25) is 0 Å². The first-order chi connectivity index (χ1) is 18.2. The van der Waals surface area contributed by atoms with Gasteiger partial charge in [-0.2, -0.15) is 0 Å². The zero-order chi connectivity index (χ0) is 27.1. The van der Waals surface area contributed by atoms with Crippen LogP contribution in [0.5, 0.6) is 0 Å². The van der Waals surface area contributed by atoms with Gasteiger partial charge in [-0.25, -0.2) is 0 Å². The molecule has 0 saturated carbocycles. The largest absolute Gasteiger partial charge is 0.324 e. The Kier molecular flexibility index (Phi) is 30.5. The molecule has 0 aliphatic carbocycles. The molecule has 0 amide bonds. The van der Waals surface area contributed by atoms with Gasteiger partial charge in [-0.1, -0.05) is 156 Å². The van der Waals surface area contributed by atoms with Crippen molar-refractivity contribution in [3.05, 3.63) is 0 Å². The average Bonchev–Trinajstić information content (AvgIpc) is 2.91. The van der Waals surface area contributed by atoms with E-state index in [0.29, 0.717) is 0 Å². The Balaban J connectivity index is 4.78. The minimum atomic E-state index is 1.37. The molecule has 1 heteroatoms. The van der Waals surface area contributed by atoms with Gasteiger partial charge in [-0.3, -0.25) is 0 Å². The van der Waals surface area contributed by atoms with Crippen molar-refractivity contribution in [2.24, 2.45) is 0 Å². The molecule has 0 spiro atoms. The number of nitrogens with zero attached hydrogens (tertiary/aromatic N) is 1. The Bertz CT molecular complexity index is 326. The average molecular weight is 523 g/mol. The molecule has 0 aliphatic heterocycles. The normalized spacial score (nSPS) is 12.0.